The number of fused-ring (bicyclic) bond motifs is 5. The van der Waals surface area contributed by atoms with Gasteiger partial charge < -0.3 is 14.1 Å². The van der Waals surface area contributed by atoms with Crippen molar-refractivity contribution in [2.45, 2.75) is 26.2 Å². The number of nitrogens with zero attached hydrogens (tertiary/aromatic N) is 3. The van der Waals surface area contributed by atoms with E-state index in [-0.39, 0.29) is 5.41 Å². The van der Waals surface area contributed by atoms with Crippen molar-refractivity contribution in [1.29, 1.82) is 0 Å². The van der Waals surface area contributed by atoms with E-state index in [9.17, 15) is 0 Å². The number of para-hydroxylation sites is 4. The lowest BCUT2D eigenvalue weighted by Crippen LogP contribution is -2.15. The monoisotopic (exact) mass is 641 g/mol. The van der Waals surface area contributed by atoms with Crippen molar-refractivity contribution < 1.29 is 9.15 Å². The highest BCUT2D eigenvalue weighted by molar-refractivity contribution is 7.09. The molecule has 2 aromatic heterocycles. The second kappa shape index (κ2) is 10.9. The van der Waals surface area contributed by atoms with Gasteiger partial charge in [-0.1, -0.05) is 99.6 Å². The topological polar surface area (TPSA) is 51.4 Å². The summed E-state index contributed by atoms with van der Waals surface area (Å²) in [6.07, 6.45) is 0. The Kier molecular flexibility index (Phi) is 6.49. The summed E-state index contributed by atoms with van der Waals surface area (Å²) in [6, 6.07) is 46.2. The summed E-state index contributed by atoms with van der Waals surface area (Å²) >= 11 is 1.42. The minimum Gasteiger partial charge on any atom is -0.455 e. The molecule has 0 spiro atoms. The van der Waals surface area contributed by atoms with Crippen LogP contribution in [0.4, 0.5) is 17.1 Å². The highest BCUT2D eigenvalue weighted by Crippen LogP contribution is 2.52. The first kappa shape index (κ1) is 28.5. The van der Waals surface area contributed by atoms with Gasteiger partial charge in [0.1, 0.15) is 16.2 Å². The largest absolute Gasteiger partial charge is 0.455 e. The fourth-order valence-corrected chi connectivity index (χ4v) is 7.20. The van der Waals surface area contributed by atoms with E-state index in [1.165, 1.54) is 17.1 Å². The summed E-state index contributed by atoms with van der Waals surface area (Å²) in [5.74, 6) is 2.35. The molecule has 0 saturated heterocycles. The number of hydrogen-bond donors (Lipinski definition) is 0. The van der Waals surface area contributed by atoms with Crippen LogP contribution in [0.2, 0.25) is 0 Å². The normalized spacial score (nSPS) is 12.6. The van der Waals surface area contributed by atoms with Crippen LogP contribution < -0.4 is 9.64 Å². The number of aromatic nitrogens is 2. The molecule has 0 radical (unpaired) electrons. The summed E-state index contributed by atoms with van der Waals surface area (Å²) in [5, 5.41) is 3.12. The summed E-state index contributed by atoms with van der Waals surface area (Å²) in [6.45, 7) is 6.67. The molecule has 1 aliphatic rings. The minimum absolute atomic E-state index is 0.106. The molecular formula is C42H31N3O2S. The molecule has 6 aromatic carbocycles. The number of benzene rings is 6. The molecule has 0 bridgehead atoms. The second-order valence-corrected chi connectivity index (χ2v) is 13.9. The number of ether oxygens (including phenoxy) is 1. The standard InChI is InChI=1S/C42H31N3O2S/c1-42(2,3)29-20-15-26(16-21-29)40-43-41(48-44-40)27-17-22-30(23-18-27)45-34-12-5-7-14-37(34)46-38-25-28(19-24-35(38)45)31-10-8-11-33-32-9-4-6-13-36(32)47-39(31)33/h4-25H,1-3H3. The maximum absolute atomic E-state index is 6.54. The van der Waals surface area contributed by atoms with Gasteiger partial charge in [-0.15, -0.1) is 0 Å². The first-order valence-electron chi connectivity index (χ1n) is 16.1. The van der Waals surface area contributed by atoms with Crippen LogP contribution in [0.25, 0.3) is 55.0 Å². The first-order chi connectivity index (χ1) is 23.4. The fraction of sp³-hybridized carbons (Fsp3) is 0.0952. The SMILES string of the molecule is CC(C)(C)c1ccc(-c2nsc(-c3ccc(N4c5ccccc5Oc5cc(-c6cccc7c6oc6ccccc67)ccc54)cc3)n2)cc1. The molecule has 6 heteroatoms. The van der Waals surface area contributed by atoms with E-state index in [0.29, 0.717) is 0 Å². The van der Waals surface area contributed by atoms with Gasteiger partial charge in [0.15, 0.2) is 17.3 Å². The van der Waals surface area contributed by atoms with E-state index in [1.807, 2.05) is 36.4 Å². The van der Waals surface area contributed by atoms with Crippen LogP contribution in [0.5, 0.6) is 11.5 Å². The predicted molar refractivity (Wildman–Crippen MR) is 197 cm³/mol. The predicted octanol–water partition coefficient (Wildman–Crippen LogP) is 12.3. The van der Waals surface area contributed by atoms with E-state index in [4.69, 9.17) is 14.1 Å². The number of hydrogen-bond acceptors (Lipinski definition) is 6. The summed E-state index contributed by atoms with van der Waals surface area (Å²) in [5.41, 5.74) is 10.3. The van der Waals surface area contributed by atoms with E-state index in [0.717, 1.165) is 83.6 Å². The molecule has 0 fully saturated rings. The Hall–Kier alpha value is -5.72. The van der Waals surface area contributed by atoms with Crippen molar-refractivity contribution in [3.63, 3.8) is 0 Å². The zero-order chi connectivity index (χ0) is 32.4. The van der Waals surface area contributed by atoms with Gasteiger partial charge in [-0.25, -0.2) is 4.98 Å². The first-order valence-corrected chi connectivity index (χ1v) is 16.8. The van der Waals surface area contributed by atoms with Gasteiger partial charge in [-0.05, 0) is 82.7 Å². The number of anilines is 3. The maximum atomic E-state index is 6.54. The van der Waals surface area contributed by atoms with Gasteiger partial charge in [-0.2, -0.15) is 4.37 Å². The lowest BCUT2D eigenvalue weighted by molar-refractivity contribution is 0.477. The van der Waals surface area contributed by atoms with Crippen LogP contribution in [0.1, 0.15) is 26.3 Å². The van der Waals surface area contributed by atoms with Crippen LogP contribution in [0, 0.1) is 0 Å². The molecule has 9 rings (SSSR count). The van der Waals surface area contributed by atoms with Crippen LogP contribution >= 0.6 is 11.5 Å². The molecule has 0 atom stereocenters. The summed E-state index contributed by atoms with van der Waals surface area (Å²) < 4.78 is 17.6. The van der Waals surface area contributed by atoms with E-state index >= 15 is 0 Å². The van der Waals surface area contributed by atoms with Crippen molar-refractivity contribution in [2.24, 2.45) is 0 Å². The molecule has 48 heavy (non-hydrogen) atoms. The third-order valence-electron chi connectivity index (χ3n) is 9.05. The van der Waals surface area contributed by atoms with Crippen molar-refractivity contribution >= 4 is 50.5 Å². The molecule has 0 aliphatic carbocycles. The molecule has 5 nitrogen and oxygen atoms in total. The average molecular weight is 642 g/mol. The van der Waals surface area contributed by atoms with Crippen LogP contribution in [-0.4, -0.2) is 9.36 Å². The average Bonchev–Trinajstić information content (AvgIpc) is 3.76. The third kappa shape index (κ3) is 4.76. The molecule has 0 N–H and O–H groups in total. The second-order valence-electron chi connectivity index (χ2n) is 13.2. The number of furan rings is 1. The third-order valence-corrected chi connectivity index (χ3v) is 9.81. The Morgan fingerprint density at radius 2 is 1.33 bits per heavy atom. The van der Waals surface area contributed by atoms with Gasteiger partial charge in [0.2, 0.25) is 0 Å². The van der Waals surface area contributed by atoms with Crippen LogP contribution in [0.3, 0.4) is 0 Å². The van der Waals surface area contributed by atoms with Gasteiger partial charge in [0.05, 0.1) is 11.4 Å². The maximum Gasteiger partial charge on any atom is 0.173 e. The minimum atomic E-state index is 0.106. The highest BCUT2D eigenvalue weighted by Gasteiger charge is 2.27. The molecule has 0 saturated carbocycles. The molecule has 0 amide bonds. The lowest BCUT2D eigenvalue weighted by Gasteiger charge is -2.33. The van der Waals surface area contributed by atoms with Crippen molar-refractivity contribution in [1.82, 2.24) is 9.36 Å². The lowest BCUT2D eigenvalue weighted by atomic mass is 9.87. The van der Waals surface area contributed by atoms with E-state index in [2.05, 4.69) is 127 Å². The van der Waals surface area contributed by atoms with Crippen molar-refractivity contribution in [3.05, 3.63) is 139 Å². The number of rotatable bonds is 4. The quantitative estimate of drug-likeness (QED) is 0.191. The van der Waals surface area contributed by atoms with Crippen LogP contribution in [0.15, 0.2) is 138 Å². The van der Waals surface area contributed by atoms with Gasteiger partial charge in [0.25, 0.3) is 0 Å². The van der Waals surface area contributed by atoms with Gasteiger partial charge >= 0.3 is 0 Å². The summed E-state index contributed by atoms with van der Waals surface area (Å²) in [4.78, 5) is 7.15. The van der Waals surface area contributed by atoms with Gasteiger partial charge in [0, 0.05) is 33.2 Å². The molecule has 232 valence electrons. The molecule has 3 heterocycles. The van der Waals surface area contributed by atoms with E-state index < -0.39 is 0 Å². The summed E-state index contributed by atoms with van der Waals surface area (Å²) in [7, 11) is 0. The zero-order valence-electron chi connectivity index (χ0n) is 26.8. The van der Waals surface area contributed by atoms with E-state index in [1.54, 1.807) is 0 Å². The highest BCUT2D eigenvalue weighted by atomic mass is 32.1. The van der Waals surface area contributed by atoms with Crippen molar-refractivity contribution in [3.8, 4) is 44.6 Å². The Labute approximate surface area is 282 Å². The van der Waals surface area contributed by atoms with Crippen molar-refractivity contribution in [2.75, 3.05) is 4.90 Å². The Morgan fingerprint density at radius 3 is 2.17 bits per heavy atom. The molecule has 1 aliphatic heterocycles. The molecule has 0 unspecified atom stereocenters. The smallest absolute Gasteiger partial charge is 0.173 e. The fourth-order valence-electron chi connectivity index (χ4n) is 6.51. The molecule has 8 aromatic rings. The Balaban J connectivity index is 1.06. The molecular weight excluding hydrogens is 611 g/mol. The van der Waals surface area contributed by atoms with Crippen LogP contribution in [-0.2, 0) is 5.41 Å². The zero-order valence-corrected chi connectivity index (χ0v) is 27.6. The van der Waals surface area contributed by atoms with Gasteiger partial charge in [-0.3, -0.25) is 0 Å². The Bertz CT molecular complexity index is 2470. The Morgan fingerprint density at radius 1 is 0.625 bits per heavy atom.